The Morgan fingerprint density at radius 1 is 0.900 bits per heavy atom. The smallest absolute Gasteiger partial charge is 0.264 e. The molecule has 3 saturated carbocycles. The predicted molar refractivity (Wildman–Crippen MR) is 246 cm³/mol. The third-order valence-corrected chi connectivity index (χ3v) is 16.9. The zero-order valence-corrected chi connectivity index (χ0v) is 38.2. The number of sulfonamides is 1. The molecule has 324 valence electrons. The second kappa shape index (κ2) is 17.8. The molecule has 0 unspecified atom stereocenters. The standard InChI is InChI=1S/C49H67N5O4S2/c1-36-29-43(15-16-45(36)50-39(32-59-42-9-7-6-8-10-42)18-22-52-23-19-41(58-5)20-24-52)60(56,57)51-46(55)37-11-13-40(14-12-37)54-27-25-53(26-28-54)31-38-17-21-47(2,3)30-44(38)49-33-48(4,34-49)35-49/h6-16,29,39,41,50H,17-28,30-35H2,1-5H3,(H,51,55)/t39-,48?,49?/m1/s1. The van der Waals surface area contributed by atoms with E-state index in [9.17, 15) is 13.2 Å². The second-order valence-electron chi connectivity index (χ2n) is 19.8. The molecule has 2 bridgehead atoms. The van der Waals surface area contributed by atoms with Gasteiger partial charge in [0.25, 0.3) is 15.9 Å². The highest BCUT2D eigenvalue weighted by molar-refractivity contribution is 7.99. The molecule has 1 amide bonds. The SMILES string of the molecule is COC1CCN(CC[C@H](CSc2ccccc2)Nc2ccc(S(=O)(=O)NC(=O)c3ccc(N4CCN(CC5=C(C67CC(C)(C6)C7)CC(C)(C)CC5)CC4)cc3)cc2C)CC1. The minimum atomic E-state index is -4.09. The molecule has 2 N–H and O–H groups in total. The van der Waals surface area contributed by atoms with Crippen molar-refractivity contribution in [2.24, 2.45) is 16.2 Å². The van der Waals surface area contributed by atoms with Crippen LogP contribution in [-0.4, -0.2) is 101 Å². The van der Waals surface area contributed by atoms with Gasteiger partial charge in [0.15, 0.2) is 0 Å². The average molecular weight is 854 g/mol. The Kier molecular flexibility index (Phi) is 12.8. The summed E-state index contributed by atoms with van der Waals surface area (Å²) < 4.78 is 35.0. The number of hydrogen-bond donors (Lipinski definition) is 2. The highest BCUT2D eigenvalue weighted by atomic mass is 32.2. The number of nitrogens with zero attached hydrogens (tertiary/aromatic N) is 3. The highest BCUT2D eigenvalue weighted by Gasteiger charge is 2.66. The number of allylic oxidation sites excluding steroid dienone is 1. The molecular weight excluding hydrogens is 787 g/mol. The van der Waals surface area contributed by atoms with Gasteiger partial charge in [-0.3, -0.25) is 9.69 Å². The van der Waals surface area contributed by atoms with Crippen molar-refractivity contribution in [1.29, 1.82) is 0 Å². The summed E-state index contributed by atoms with van der Waals surface area (Å²) in [5.41, 5.74) is 8.21. The average Bonchev–Trinajstić information content (AvgIpc) is 3.22. The third kappa shape index (κ3) is 9.96. The van der Waals surface area contributed by atoms with Gasteiger partial charge in [0.1, 0.15) is 0 Å². The fourth-order valence-corrected chi connectivity index (χ4v) is 13.0. The van der Waals surface area contributed by atoms with Gasteiger partial charge in [0, 0.05) is 93.1 Å². The van der Waals surface area contributed by atoms with Crippen LogP contribution in [0.3, 0.4) is 0 Å². The number of amides is 1. The van der Waals surface area contributed by atoms with E-state index >= 15 is 0 Å². The minimum absolute atomic E-state index is 0.0722. The Balaban J connectivity index is 0.842. The Hall–Kier alpha value is -3.35. The summed E-state index contributed by atoms with van der Waals surface area (Å²) in [4.78, 5) is 22.2. The molecule has 60 heavy (non-hydrogen) atoms. The summed E-state index contributed by atoms with van der Waals surface area (Å²) in [7, 11) is -2.29. The number of nitrogens with one attached hydrogen (secondary N) is 2. The van der Waals surface area contributed by atoms with E-state index in [1.54, 1.807) is 36.9 Å². The molecule has 3 aromatic rings. The number of ether oxygens (including phenoxy) is 1. The lowest BCUT2D eigenvalue weighted by Crippen LogP contribution is -2.61. The van der Waals surface area contributed by atoms with E-state index in [1.807, 2.05) is 48.5 Å². The van der Waals surface area contributed by atoms with Crippen LogP contribution in [0.25, 0.3) is 0 Å². The van der Waals surface area contributed by atoms with Gasteiger partial charge in [-0.25, -0.2) is 13.1 Å². The van der Waals surface area contributed by atoms with E-state index in [4.69, 9.17) is 4.74 Å². The molecular formula is C49H67N5O4S2. The van der Waals surface area contributed by atoms with Gasteiger partial charge in [-0.05, 0) is 141 Å². The summed E-state index contributed by atoms with van der Waals surface area (Å²) in [5.74, 6) is 0.248. The molecule has 1 atom stereocenters. The zero-order chi connectivity index (χ0) is 42.1. The predicted octanol–water partition coefficient (Wildman–Crippen LogP) is 9.01. The number of carbonyl (C=O) groups excluding carboxylic acids is 1. The lowest BCUT2D eigenvalue weighted by atomic mass is 9.33. The van der Waals surface area contributed by atoms with E-state index in [0.717, 1.165) is 94.3 Å². The molecule has 2 heterocycles. The molecule has 0 spiro atoms. The maximum absolute atomic E-state index is 13.5. The van der Waals surface area contributed by atoms with Crippen LogP contribution in [-0.2, 0) is 14.8 Å². The molecule has 3 aromatic carbocycles. The number of hydrogen-bond acceptors (Lipinski definition) is 9. The minimum Gasteiger partial charge on any atom is -0.381 e. The van der Waals surface area contributed by atoms with E-state index in [2.05, 4.69) is 69.8 Å². The van der Waals surface area contributed by atoms with Crippen LogP contribution in [0.1, 0.15) is 94.5 Å². The molecule has 2 saturated heterocycles. The topological polar surface area (TPSA) is 94.2 Å². The number of piperazine rings is 1. The first kappa shape index (κ1) is 43.3. The van der Waals surface area contributed by atoms with Crippen LogP contribution in [0.5, 0.6) is 0 Å². The summed E-state index contributed by atoms with van der Waals surface area (Å²) in [6.45, 7) is 17.4. The third-order valence-electron chi connectivity index (χ3n) is 14.4. The number of aryl methyl sites for hydroxylation is 1. The van der Waals surface area contributed by atoms with E-state index in [-0.39, 0.29) is 10.9 Å². The largest absolute Gasteiger partial charge is 0.381 e. The summed E-state index contributed by atoms with van der Waals surface area (Å²) in [6.07, 6.45) is 11.4. The normalized spacial score (nSPS) is 25.3. The Bertz CT molecular complexity index is 2100. The number of likely N-dealkylation sites (tertiary alicyclic amines) is 1. The van der Waals surface area contributed by atoms with E-state index in [1.165, 1.54) is 43.4 Å². The maximum Gasteiger partial charge on any atom is 0.264 e. The molecule has 6 aliphatic rings. The number of rotatable bonds is 16. The number of methoxy groups -OCH3 is 1. The van der Waals surface area contributed by atoms with Crippen molar-refractivity contribution in [3.05, 3.63) is 95.1 Å². The fourth-order valence-electron chi connectivity index (χ4n) is 11.0. The Morgan fingerprint density at radius 3 is 2.25 bits per heavy atom. The van der Waals surface area contributed by atoms with Crippen molar-refractivity contribution < 1.29 is 17.9 Å². The quantitative estimate of drug-likeness (QED) is 0.108. The van der Waals surface area contributed by atoms with Crippen LogP contribution in [0.2, 0.25) is 0 Å². The summed E-state index contributed by atoms with van der Waals surface area (Å²) in [6, 6.07) is 23.0. The van der Waals surface area contributed by atoms with Gasteiger partial charge < -0.3 is 19.9 Å². The molecule has 11 heteroatoms. The van der Waals surface area contributed by atoms with E-state index < -0.39 is 15.9 Å². The first-order valence-corrected chi connectivity index (χ1v) is 24.8. The molecule has 9 nitrogen and oxygen atoms in total. The first-order valence-electron chi connectivity index (χ1n) is 22.4. The number of piperidine rings is 1. The van der Waals surface area contributed by atoms with Crippen molar-refractivity contribution in [2.75, 3.05) is 75.4 Å². The summed E-state index contributed by atoms with van der Waals surface area (Å²) in [5, 5.41) is 3.73. The molecule has 2 aliphatic heterocycles. The van der Waals surface area contributed by atoms with Crippen LogP contribution >= 0.6 is 11.8 Å². The Labute approximate surface area is 364 Å². The number of carbonyl (C=O) groups is 1. The van der Waals surface area contributed by atoms with Gasteiger partial charge in [-0.1, -0.05) is 50.1 Å². The van der Waals surface area contributed by atoms with Gasteiger partial charge in [0.05, 0.1) is 11.0 Å². The number of benzene rings is 3. The van der Waals surface area contributed by atoms with Gasteiger partial charge in [0.2, 0.25) is 0 Å². The maximum atomic E-state index is 13.5. The molecule has 4 aliphatic carbocycles. The van der Waals surface area contributed by atoms with E-state index in [0.29, 0.717) is 27.9 Å². The van der Waals surface area contributed by atoms with Crippen molar-refractivity contribution >= 4 is 39.1 Å². The zero-order valence-electron chi connectivity index (χ0n) is 36.6. The van der Waals surface area contributed by atoms with Crippen LogP contribution in [0.4, 0.5) is 11.4 Å². The second-order valence-corrected chi connectivity index (χ2v) is 22.6. The van der Waals surface area contributed by atoms with Gasteiger partial charge in [-0.15, -0.1) is 11.8 Å². The van der Waals surface area contributed by atoms with Crippen LogP contribution < -0.4 is 14.9 Å². The van der Waals surface area contributed by atoms with Gasteiger partial charge >= 0.3 is 0 Å². The number of anilines is 2. The molecule has 9 rings (SSSR count). The lowest BCUT2D eigenvalue weighted by molar-refractivity contribution is -0.167. The monoisotopic (exact) mass is 853 g/mol. The van der Waals surface area contributed by atoms with Gasteiger partial charge in [-0.2, -0.15) is 0 Å². The fraction of sp³-hybridized carbons (Fsp3) is 0.571. The van der Waals surface area contributed by atoms with Crippen molar-refractivity contribution in [3.63, 3.8) is 0 Å². The molecule has 0 radical (unpaired) electrons. The first-order chi connectivity index (χ1) is 28.7. The molecule has 5 fully saturated rings. The van der Waals surface area contributed by atoms with Crippen molar-refractivity contribution in [1.82, 2.24) is 14.5 Å². The van der Waals surface area contributed by atoms with Crippen LogP contribution in [0, 0.1) is 23.2 Å². The lowest BCUT2D eigenvalue weighted by Gasteiger charge is -2.72. The van der Waals surface area contributed by atoms with Crippen molar-refractivity contribution in [2.45, 2.75) is 107 Å². The summed E-state index contributed by atoms with van der Waals surface area (Å²) >= 11 is 1.82. The Morgan fingerprint density at radius 2 is 1.60 bits per heavy atom. The highest BCUT2D eigenvalue weighted by Crippen LogP contribution is 2.77. The molecule has 0 aromatic heterocycles. The van der Waals surface area contributed by atoms with Crippen LogP contribution in [0.15, 0.2) is 93.7 Å². The number of thioether (sulfide) groups is 1. The van der Waals surface area contributed by atoms with Crippen molar-refractivity contribution in [3.8, 4) is 0 Å².